The van der Waals surface area contributed by atoms with Crippen LogP contribution in [0.5, 0.6) is 23.0 Å². The van der Waals surface area contributed by atoms with E-state index in [0.29, 0.717) is 18.1 Å². The Bertz CT molecular complexity index is 805. The van der Waals surface area contributed by atoms with Crippen LogP contribution in [-0.4, -0.2) is 42.4 Å². The SMILES string of the molecule is CCOc1ccc(OCCNS(=O)(=O)c2cc(OC)ccc2OC)cc1. The molecular weight excluding hydrogens is 358 g/mol. The number of rotatable bonds is 10. The smallest absolute Gasteiger partial charge is 0.244 e. The van der Waals surface area contributed by atoms with E-state index in [9.17, 15) is 8.42 Å². The summed E-state index contributed by atoms with van der Waals surface area (Å²) in [5.41, 5.74) is 0. The molecule has 0 atom stereocenters. The van der Waals surface area contributed by atoms with Gasteiger partial charge in [0.05, 0.1) is 20.8 Å². The van der Waals surface area contributed by atoms with Gasteiger partial charge in [-0.25, -0.2) is 13.1 Å². The highest BCUT2D eigenvalue weighted by Crippen LogP contribution is 2.27. The second-order valence-corrected chi connectivity index (χ2v) is 6.90. The van der Waals surface area contributed by atoms with Gasteiger partial charge in [-0.05, 0) is 43.3 Å². The first-order valence-corrected chi connectivity index (χ1v) is 9.56. The predicted octanol–water partition coefficient (Wildman–Crippen LogP) is 2.46. The van der Waals surface area contributed by atoms with E-state index in [4.69, 9.17) is 18.9 Å². The molecule has 0 unspecified atom stereocenters. The molecular formula is C18H23NO6S. The molecule has 0 radical (unpaired) electrons. The molecule has 142 valence electrons. The minimum absolute atomic E-state index is 0.0143. The van der Waals surface area contributed by atoms with Crippen molar-refractivity contribution in [3.05, 3.63) is 42.5 Å². The average Bonchev–Trinajstić information content (AvgIpc) is 2.66. The third kappa shape index (κ3) is 5.27. The highest BCUT2D eigenvalue weighted by Gasteiger charge is 2.20. The molecule has 7 nitrogen and oxygen atoms in total. The summed E-state index contributed by atoms with van der Waals surface area (Å²) in [4.78, 5) is 0.0143. The maximum Gasteiger partial charge on any atom is 0.244 e. The molecule has 0 saturated carbocycles. The van der Waals surface area contributed by atoms with Gasteiger partial charge in [-0.2, -0.15) is 0 Å². The number of benzene rings is 2. The number of sulfonamides is 1. The molecule has 0 aliphatic rings. The van der Waals surface area contributed by atoms with E-state index in [-0.39, 0.29) is 23.8 Å². The van der Waals surface area contributed by atoms with Gasteiger partial charge >= 0.3 is 0 Å². The van der Waals surface area contributed by atoms with E-state index < -0.39 is 10.0 Å². The molecule has 2 aromatic carbocycles. The van der Waals surface area contributed by atoms with Gasteiger partial charge in [0.15, 0.2) is 0 Å². The Morgan fingerprint density at radius 3 is 2.08 bits per heavy atom. The summed E-state index contributed by atoms with van der Waals surface area (Å²) in [7, 11) is -0.878. The molecule has 0 spiro atoms. The summed E-state index contributed by atoms with van der Waals surface area (Å²) >= 11 is 0. The summed E-state index contributed by atoms with van der Waals surface area (Å²) in [6.45, 7) is 2.79. The molecule has 26 heavy (non-hydrogen) atoms. The molecule has 0 bridgehead atoms. The fraction of sp³-hybridized carbons (Fsp3) is 0.333. The summed E-state index contributed by atoms with van der Waals surface area (Å²) < 4.78 is 48.6. The quantitative estimate of drug-likeness (QED) is 0.637. The van der Waals surface area contributed by atoms with Gasteiger partial charge in [0.25, 0.3) is 0 Å². The molecule has 0 amide bonds. The molecule has 0 fully saturated rings. The Morgan fingerprint density at radius 1 is 0.885 bits per heavy atom. The van der Waals surface area contributed by atoms with Crippen LogP contribution in [0.4, 0.5) is 0 Å². The summed E-state index contributed by atoms with van der Waals surface area (Å²) in [6.07, 6.45) is 0. The summed E-state index contributed by atoms with van der Waals surface area (Å²) in [6, 6.07) is 11.7. The van der Waals surface area contributed by atoms with Crippen LogP contribution in [0.2, 0.25) is 0 Å². The van der Waals surface area contributed by atoms with Crippen LogP contribution in [0.15, 0.2) is 47.4 Å². The fourth-order valence-corrected chi connectivity index (χ4v) is 3.41. The van der Waals surface area contributed by atoms with Crippen LogP contribution >= 0.6 is 0 Å². The summed E-state index contributed by atoms with van der Waals surface area (Å²) in [5, 5.41) is 0. The lowest BCUT2D eigenvalue weighted by Gasteiger charge is -2.12. The third-order valence-electron chi connectivity index (χ3n) is 3.46. The number of hydrogen-bond donors (Lipinski definition) is 1. The van der Waals surface area contributed by atoms with Crippen molar-refractivity contribution in [2.45, 2.75) is 11.8 Å². The number of hydrogen-bond acceptors (Lipinski definition) is 6. The zero-order valence-electron chi connectivity index (χ0n) is 15.0. The van der Waals surface area contributed by atoms with Crippen LogP contribution in [0.1, 0.15) is 6.92 Å². The Kier molecular flexibility index (Phi) is 7.11. The van der Waals surface area contributed by atoms with E-state index >= 15 is 0 Å². The van der Waals surface area contributed by atoms with Crippen molar-refractivity contribution in [3.8, 4) is 23.0 Å². The largest absolute Gasteiger partial charge is 0.497 e. The van der Waals surface area contributed by atoms with Crippen molar-refractivity contribution in [3.63, 3.8) is 0 Å². The molecule has 2 aromatic rings. The molecule has 0 saturated heterocycles. The van der Waals surface area contributed by atoms with Gasteiger partial charge in [-0.15, -0.1) is 0 Å². The second-order valence-electron chi connectivity index (χ2n) is 5.17. The zero-order valence-corrected chi connectivity index (χ0v) is 15.8. The van der Waals surface area contributed by atoms with Crippen LogP contribution in [0.3, 0.4) is 0 Å². The number of methoxy groups -OCH3 is 2. The molecule has 0 aromatic heterocycles. The lowest BCUT2D eigenvalue weighted by Crippen LogP contribution is -2.28. The zero-order chi connectivity index (χ0) is 19.0. The second kappa shape index (κ2) is 9.30. The third-order valence-corrected chi connectivity index (χ3v) is 4.94. The molecule has 2 rings (SSSR count). The maximum atomic E-state index is 12.5. The Hall–Kier alpha value is -2.45. The van der Waals surface area contributed by atoms with Crippen molar-refractivity contribution >= 4 is 10.0 Å². The van der Waals surface area contributed by atoms with Crippen molar-refractivity contribution in [2.75, 3.05) is 34.0 Å². The first-order valence-electron chi connectivity index (χ1n) is 8.07. The first-order chi connectivity index (χ1) is 12.5. The number of nitrogens with one attached hydrogen (secondary N) is 1. The van der Waals surface area contributed by atoms with E-state index in [2.05, 4.69) is 4.72 Å². The Morgan fingerprint density at radius 2 is 1.50 bits per heavy atom. The van der Waals surface area contributed by atoms with Crippen molar-refractivity contribution < 1.29 is 27.4 Å². The average molecular weight is 381 g/mol. The van der Waals surface area contributed by atoms with Gasteiger partial charge in [-0.3, -0.25) is 0 Å². The van der Waals surface area contributed by atoms with E-state index in [0.717, 1.165) is 5.75 Å². The van der Waals surface area contributed by atoms with Crippen molar-refractivity contribution in [1.29, 1.82) is 0 Å². The minimum Gasteiger partial charge on any atom is -0.497 e. The monoisotopic (exact) mass is 381 g/mol. The van der Waals surface area contributed by atoms with Gasteiger partial charge in [0.2, 0.25) is 10.0 Å². The fourth-order valence-electron chi connectivity index (χ4n) is 2.22. The van der Waals surface area contributed by atoms with Gasteiger partial charge in [0, 0.05) is 12.6 Å². The summed E-state index contributed by atoms with van der Waals surface area (Å²) in [5.74, 6) is 2.06. The highest BCUT2D eigenvalue weighted by molar-refractivity contribution is 7.89. The Balaban J connectivity index is 1.94. The van der Waals surface area contributed by atoms with E-state index in [1.165, 1.54) is 20.3 Å². The highest BCUT2D eigenvalue weighted by atomic mass is 32.2. The Labute approximate surface area is 153 Å². The number of ether oxygens (including phenoxy) is 4. The van der Waals surface area contributed by atoms with Gasteiger partial charge in [0.1, 0.15) is 34.5 Å². The standard InChI is InChI=1S/C18H23NO6S/c1-4-24-14-5-7-15(8-6-14)25-12-11-19-26(20,21)18-13-16(22-2)9-10-17(18)23-3/h5-10,13,19H,4,11-12H2,1-3H3. The first kappa shape index (κ1) is 19.9. The van der Waals surface area contributed by atoms with Crippen molar-refractivity contribution in [1.82, 2.24) is 4.72 Å². The van der Waals surface area contributed by atoms with Crippen LogP contribution < -0.4 is 23.7 Å². The molecule has 0 aliphatic carbocycles. The molecule has 1 N–H and O–H groups in total. The van der Waals surface area contributed by atoms with Crippen LogP contribution in [-0.2, 0) is 10.0 Å². The van der Waals surface area contributed by atoms with Gasteiger partial charge in [-0.1, -0.05) is 0 Å². The lowest BCUT2D eigenvalue weighted by atomic mass is 10.3. The molecule has 8 heteroatoms. The van der Waals surface area contributed by atoms with E-state index in [1.54, 1.807) is 36.4 Å². The van der Waals surface area contributed by atoms with E-state index in [1.807, 2.05) is 6.92 Å². The van der Waals surface area contributed by atoms with Crippen molar-refractivity contribution in [2.24, 2.45) is 0 Å². The lowest BCUT2D eigenvalue weighted by molar-refractivity contribution is 0.319. The maximum absolute atomic E-state index is 12.5. The van der Waals surface area contributed by atoms with Crippen LogP contribution in [0, 0.1) is 0 Å². The minimum atomic E-state index is -3.76. The molecule has 0 aliphatic heterocycles. The predicted molar refractivity (Wildman–Crippen MR) is 97.8 cm³/mol. The molecule has 0 heterocycles. The van der Waals surface area contributed by atoms with Gasteiger partial charge < -0.3 is 18.9 Å². The van der Waals surface area contributed by atoms with Crippen LogP contribution in [0.25, 0.3) is 0 Å². The normalized spacial score (nSPS) is 11.0. The topological polar surface area (TPSA) is 83.1 Å².